The summed E-state index contributed by atoms with van der Waals surface area (Å²) < 4.78 is 5.19. The van der Waals surface area contributed by atoms with Crippen LogP contribution in [0.5, 0.6) is 5.88 Å². The van der Waals surface area contributed by atoms with Crippen LogP contribution < -0.4 is 4.74 Å². The Hall–Kier alpha value is -2.39. The molecule has 3 nitrogen and oxygen atoms in total. The fourth-order valence-electron chi connectivity index (χ4n) is 2.12. The lowest BCUT2D eigenvalue weighted by atomic mass is 10.0. The first-order valence-corrected chi connectivity index (χ1v) is 6.90. The number of aromatic nitrogens is 2. The van der Waals surface area contributed by atoms with Crippen LogP contribution in [-0.4, -0.2) is 17.1 Å². The van der Waals surface area contributed by atoms with Gasteiger partial charge in [0.1, 0.15) is 5.69 Å². The third-order valence-electron chi connectivity index (χ3n) is 3.11. The molecular formula is C17H13ClN2O. The van der Waals surface area contributed by atoms with Crippen molar-refractivity contribution in [2.75, 3.05) is 7.11 Å². The molecule has 0 bridgehead atoms. The zero-order chi connectivity index (χ0) is 14.7. The monoisotopic (exact) mass is 296 g/mol. The zero-order valence-corrected chi connectivity index (χ0v) is 12.2. The van der Waals surface area contributed by atoms with E-state index in [0.717, 1.165) is 22.5 Å². The van der Waals surface area contributed by atoms with Crippen LogP contribution in [0.3, 0.4) is 0 Å². The summed E-state index contributed by atoms with van der Waals surface area (Å²) in [6, 6.07) is 19.7. The van der Waals surface area contributed by atoms with E-state index in [1.807, 2.05) is 60.7 Å². The van der Waals surface area contributed by atoms with Crippen molar-refractivity contribution in [3.8, 4) is 28.4 Å². The topological polar surface area (TPSA) is 35.0 Å². The summed E-state index contributed by atoms with van der Waals surface area (Å²) in [4.78, 5) is 8.99. The third-order valence-corrected chi connectivity index (χ3v) is 3.36. The average molecular weight is 297 g/mol. The second kappa shape index (κ2) is 5.94. The minimum absolute atomic E-state index is 0.260. The predicted molar refractivity (Wildman–Crippen MR) is 84.5 cm³/mol. The van der Waals surface area contributed by atoms with Crippen LogP contribution in [0.15, 0.2) is 60.7 Å². The van der Waals surface area contributed by atoms with E-state index in [-0.39, 0.29) is 5.15 Å². The largest absolute Gasteiger partial charge is 0.479 e. The number of benzene rings is 2. The summed E-state index contributed by atoms with van der Waals surface area (Å²) in [5.74, 6) is 0.329. The van der Waals surface area contributed by atoms with Crippen molar-refractivity contribution in [2.24, 2.45) is 0 Å². The summed E-state index contributed by atoms with van der Waals surface area (Å²) in [6.45, 7) is 0. The van der Waals surface area contributed by atoms with Crippen molar-refractivity contribution in [2.45, 2.75) is 0 Å². The molecule has 0 N–H and O–H groups in total. The smallest absolute Gasteiger partial charge is 0.252 e. The molecule has 0 radical (unpaired) electrons. The Kier molecular flexibility index (Phi) is 3.84. The Bertz CT molecular complexity index is 745. The molecule has 0 unspecified atom stereocenters. The van der Waals surface area contributed by atoms with E-state index in [1.165, 1.54) is 7.11 Å². The third kappa shape index (κ3) is 2.73. The summed E-state index contributed by atoms with van der Waals surface area (Å²) in [7, 11) is 1.53. The molecule has 0 saturated carbocycles. The van der Waals surface area contributed by atoms with Gasteiger partial charge in [-0.2, -0.15) is 0 Å². The molecule has 104 valence electrons. The van der Waals surface area contributed by atoms with Crippen molar-refractivity contribution in [3.05, 3.63) is 65.8 Å². The minimum Gasteiger partial charge on any atom is -0.479 e. The first-order chi connectivity index (χ1) is 10.3. The average Bonchev–Trinajstić information content (AvgIpc) is 2.56. The van der Waals surface area contributed by atoms with E-state index in [9.17, 15) is 0 Å². The van der Waals surface area contributed by atoms with E-state index >= 15 is 0 Å². The van der Waals surface area contributed by atoms with Crippen molar-refractivity contribution in [3.63, 3.8) is 0 Å². The molecule has 0 aliphatic carbocycles. The van der Waals surface area contributed by atoms with Crippen LogP contribution in [0.2, 0.25) is 5.15 Å². The van der Waals surface area contributed by atoms with Crippen molar-refractivity contribution < 1.29 is 4.74 Å². The number of hydrogen-bond donors (Lipinski definition) is 0. The summed E-state index contributed by atoms with van der Waals surface area (Å²) in [6.07, 6.45) is 0. The maximum Gasteiger partial charge on any atom is 0.252 e. The van der Waals surface area contributed by atoms with Gasteiger partial charge in [0.15, 0.2) is 5.15 Å². The zero-order valence-electron chi connectivity index (χ0n) is 11.5. The lowest BCUT2D eigenvalue weighted by Crippen LogP contribution is -1.98. The highest BCUT2D eigenvalue weighted by atomic mass is 35.5. The summed E-state index contributed by atoms with van der Waals surface area (Å²) in [5, 5.41) is 0.260. The number of ether oxygens (including phenoxy) is 1. The summed E-state index contributed by atoms with van der Waals surface area (Å²) in [5.41, 5.74) is 3.43. The molecule has 4 heteroatoms. The molecule has 0 spiro atoms. The van der Waals surface area contributed by atoms with Crippen molar-refractivity contribution in [1.82, 2.24) is 9.97 Å². The van der Waals surface area contributed by atoms with Crippen molar-refractivity contribution in [1.29, 1.82) is 0 Å². The van der Waals surface area contributed by atoms with Gasteiger partial charge < -0.3 is 4.74 Å². The molecule has 0 amide bonds. The molecule has 21 heavy (non-hydrogen) atoms. The van der Waals surface area contributed by atoms with Gasteiger partial charge in [0.05, 0.1) is 12.8 Å². The van der Waals surface area contributed by atoms with E-state index in [4.69, 9.17) is 16.3 Å². The van der Waals surface area contributed by atoms with Crippen LogP contribution in [0.25, 0.3) is 22.5 Å². The second-order valence-corrected chi connectivity index (χ2v) is 4.81. The van der Waals surface area contributed by atoms with Crippen molar-refractivity contribution >= 4 is 11.6 Å². The van der Waals surface area contributed by atoms with Gasteiger partial charge in [0.2, 0.25) is 0 Å². The van der Waals surface area contributed by atoms with Crippen LogP contribution in [-0.2, 0) is 0 Å². The molecule has 0 aliphatic heterocycles. The lowest BCUT2D eigenvalue weighted by molar-refractivity contribution is 0.396. The first kappa shape index (κ1) is 13.6. The molecule has 0 aliphatic rings. The molecule has 0 fully saturated rings. The lowest BCUT2D eigenvalue weighted by Gasteiger charge is -2.11. The standard InChI is InChI=1S/C17H13ClN2O/c1-21-17-16(18)19-14(12-8-4-2-5-9-12)15(20-17)13-10-6-3-7-11-13/h2-11H,1H3. The van der Waals surface area contributed by atoms with Crippen LogP contribution in [0, 0.1) is 0 Å². The number of hydrogen-bond acceptors (Lipinski definition) is 3. The molecule has 1 heterocycles. The fraction of sp³-hybridized carbons (Fsp3) is 0.0588. The molecule has 3 rings (SSSR count). The second-order valence-electron chi connectivity index (χ2n) is 4.45. The summed E-state index contributed by atoms with van der Waals surface area (Å²) >= 11 is 6.14. The fourth-order valence-corrected chi connectivity index (χ4v) is 2.33. The molecule has 3 aromatic rings. The maximum atomic E-state index is 6.14. The van der Waals surface area contributed by atoms with Gasteiger partial charge in [0, 0.05) is 11.1 Å². The van der Waals surface area contributed by atoms with Gasteiger partial charge in [-0.15, -0.1) is 0 Å². The Balaban J connectivity index is 2.26. The quantitative estimate of drug-likeness (QED) is 0.715. The Labute approximate surface area is 128 Å². The Morgan fingerprint density at radius 1 is 0.762 bits per heavy atom. The number of nitrogens with zero attached hydrogens (tertiary/aromatic N) is 2. The van der Waals surface area contributed by atoms with Gasteiger partial charge in [-0.3, -0.25) is 0 Å². The van der Waals surface area contributed by atoms with E-state index in [0.29, 0.717) is 5.88 Å². The van der Waals surface area contributed by atoms with Gasteiger partial charge in [-0.25, -0.2) is 9.97 Å². The SMILES string of the molecule is COc1nc(-c2ccccc2)c(-c2ccccc2)nc1Cl. The normalized spacial score (nSPS) is 10.4. The van der Waals surface area contributed by atoms with Crippen LogP contribution in [0.1, 0.15) is 0 Å². The van der Waals surface area contributed by atoms with Gasteiger partial charge in [-0.05, 0) is 0 Å². The minimum atomic E-state index is 0.260. The van der Waals surface area contributed by atoms with Gasteiger partial charge in [0.25, 0.3) is 5.88 Å². The number of rotatable bonds is 3. The van der Waals surface area contributed by atoms with Crippen LogP contribution >= 0.6 is 11.6 Å². The van der Waals surface area contributed by atoms with E-state index in [1.54, 1.807) is 0 Å². The Morgan fingerprint density at radius 2 is 1.24 bits per heavy atom. The molecule has 0 saturated heterocycles. The van der Waals surface area contributed by atoms with Crippen LogP contribution in [0.4, 0.5) is 0 Å². The molecule has 0 atom stereocenters. The van der Waals surface area contributed by atoms with E-state index < -0.39 is 0 Å². The first-order valence-electron chi connectivity index (χ1n) is 6.52. The van der Waals surface area contributed by atoms with Gasteiger partial charge in [-0.1, -0.05) is 72.3 Å². The molecular weight excluding hydrogens is 284 g/mol. The molecule has 2 aromatic carbocycles. The maximum absolute atomic E-state index is 6.14. The predicted octanol–water partition coefficient (Wildman–Crippen LogP) is 4.47. The Morgan fingerprint density at radius 3 is 1.71 bits per heavy atom. The van der Waals surface area contributed by atoms with Gasteiger partial charge >= 0.3 is 0 Å². The molecule has 1 aromatic heterocycles. The highest BCUT2D eigenvalue weighted by Crippen LogP contribution is 2.33. The highest BCUT2D eigenvalue weighted by molar-refractivity contribution is 6.30. The highest BCUT2D eigenvalue weighted by Gasteiger charge is 2.15. The number of halogens is 1. The van der Waals surface area contributed by atoms with E-state index in [2.05, 4.69) is 9.97 Å². The number of methoxy groups -OCH3 is 1.